The van der Waals surface area contributed by atoms with Gasteiger partial charge in [-0.3, -0.25) is 0 Å². The van der Waals surface area contributed by atoms with Crippen LogP contribution in [0.2, 0.25) is 0 Å². The summed E-state index contributed by atoms with van der Waals surface area (Å²) in [7, 11) is 0. The van der Waals surface area contributed by atoms with Gasteiger partial charge in [-0.15, -0.1) is 0 Å². The van der Waals surface area contributed by atoms with Crippen molar-refractivity contribution >= 4 is 23.1 Å². The molecule has 5 heteroatoms. The number of rotatable bonds is 0. The minimum absolute atomic E-state index is 0. The van der Waals surface area contributed by atoms with Crippen LogP contribution >= 0.6 is 0 Å². The van der Waals surface area contributed by atoms with Gasteiger partial charge in [0.15, 0.2) is 0 Å². The summed E-state index contributed by atoms with van der Waals surface area (Å²) >= 11 is 0. The molecule has 0 saturated carbocycles. The van der Waals surface area contributed by atoms with Gasteiger partial charge in [0.1, 0.15) is 0 Å². The van der Waals surface area contributed by atoms with Gasteiger partial charge < -0.3 is 0 Å². The van der Waals surface area contributed by atoms with Crippen LogP contribution < -0.4 is 118 Å². The maximum absolute atomic E-state index is 0. The summed E-state index contributed by atoms with van der Waals surface area (Å²) in [4.78, 5) is 0. The summed E-state index contributed by atoms with van der Waals surface area (Å²) < 4.78 is 0. The van der Waals surface area contributed by atoms with E-state index in [1.165, 1.54) is 0 Å². The van der Waals surface area contributed by atoms with Crippen LogP contribution in [-0.4, -0.2) is 23.1 Å². The molecule has 0 atom stereocenters. The molecule has 0 aliphatic rings. The Bertz CT molecular complexity index is 3.61. The van der Waals surface area contributed by atoms with Crippen molar-refractivity contribution in [3.63, 3.8) is 0 Å². The van der Waals surface area contributed by atoms with E-state index in [1.54, 1.807) is 0 Å². The van der Waals surface area contributed by atoms with Gasteiger partial charge in [-0.2, -0.15) is 0 Å². The van der Waals surface area contributed by atoms with Crippen LogP contribution in [0.4, 0.5) is 0 Å². The molecular formula is MgNa4+6. The molecule has 0 valence electrons. The molecule has 5 heavy (non-hydrogen) atoms. The predicted octanol–water partition coefficient (Wildman–Crippen LogP) is -12.4. The molecule has 0 aromatic heterocycles. The molecule has 0 aliphatic carbocycles. The van der Waals surface area contributed by atoms with Crippen LogP contribution in [0, 0.1) is 0 Å². The third-order valence-electron chi connectivity index (χ3n) is 0. The Hall–Kier alpha value is 4.77. The Balaban J connectivity index is 0. The normalized spacial score (nSPS) is 0. The molecule has 0 spiro atoms. The average molecular weight is 116 g/mol. The summed E-state index contributed by atoms with van der Waals surface area (Å²) in [6.45, 7) is 0. The van der Waals surface area contributed by atoms with Gasteiger partial charge >= 0.3 is 141 Å². The van der Waals surface area contributed by atoms with Crippen LogP contribution in [0.15, 0.2) is 0 Å². The van der Waals surface area contributed by atoms with E-state index in [9.17, 15) is 0 Å². The smallest absolute Gasteiger partial charge is 1.00 e. The van der Waals surface area contributed by atoms with E-state index in [1.807, 2.05) is 0 Å². The van der Waals surface area contributed by atoms with Crippen molar-refractivity contribution in [3.05, 3.63) is 0 Å². The Morgan fingerprint density at radius 1 is 0.400 bits per heavy atom. The summed E-state index contributed by atoms with van der Waals surface area (Å²) in [5.74, 6) is 0. The Labute approximate surface area is 137 Å². The molecule has 0 heterocycles. The summed E-state index contributed by atoms with van der Waals surface area (Å²) in [5, 5.41) is 0. The molecule has 0 saturated heterocycles. The van der Waals surface area contributed by atoms with Gasteiger partial charge in [-0.1, -0.05) is 0 Å². The van der Waals surface area contributed by atoms with E-state index in [2.05, 4.69) is 0 Å². The molecule has 0 bridgehead atoms. The molecule has 0 radical (unpaired) electrons. The van der Waals surface area contributed by atoms with E-state index in [4.69, 9.17) is 0 Å². The van der Waals surface area contributed by atoms with Gasteiger partial charge in [0.05, 0.1) is 0 Å². The van der Waals surface area contributed by atoms with E-state index in [0.29, 0.717) is 0 Å². The second-order valence-corrected chi connectivity index (χ2v) is 0. The first-order valence-corrected chi connectivity index (χ1v) is 0. The molecule has 0 N–H and O–H groups in total. The Kier molecular flexibility index (Phi) is 154. The first-order chi connectivity index (χ1) is 0. The molecule has 0 aliphatic heterocycles. The zero-order valence-electron chi connectivity index (χ0n) is 4.71. The topological polar surface area (TPSA) is 0 Å². The van der Waals surface area contributed by atoms with Crippen LogP contribution in [0.1, 0.15) is 0 Å². The average Bonchev–Trinajstić information content (AvgIpc) is 0. The zero-order valence-corrected chi connectivity index (χ0v) is 14.1. The molecule has 0 fully saturated rings. The van der Waals surface area contributed by atoms with Gasteiger partial charge in [0.25, 0.3) is 0 Å². The molecule has 0 amide bonds. The fraction of sp³-hybridized carbons (Fsp3) is 0. The fourth-order valence-electron chi connectivity index (χ4n) is 0. The van der Waals surface area contributed by atoms with E-state index in [-0.39, 0.29) is 141 Å². The van der Waals surface area contributed by atoms with Crippen molar-refractivity contribution in [1.82, 2.24) is 0 Å². The second kappa shape index (κ2) is 23.3. The molecular weight excluding hydrogens is 116 g/mol. The van der Waals surface area contributed by atoms with Crippen LogP contribution in [0.3, 0.4) is 0 Å². The van der Waals surface area contributed by atoms with Crippen molar-refractivity contribution in [2.45, 2.75) is 0 Å². The zero-order chi connectivity index (χ0) is 0. The van der Waals surface area contributed by atoms with Gasteiger partial charge in [-0.05, 0) is 0 Å². The minimum Gasteiger partial charge on any atom is 1.00 e. The molecule has 0 aromatic rings. The van der Waals surface area contributed by atoms with Crippen LogP contribution in [0.5, 0.6) is 0 Å². The largest absolute Gasteiger partial charge is 2.00 e. The third kappa shape index (κ3) is 17.7. The SMILES string of the molecule is [Mg+2].[Na+].[Na+].[Na+].[Na+]. The van der Waals surface area contributed by atoms with Crippen molar-refractivity contribution in [2.24, 2.45) is 0 Å². The summed E-state index contributed by atoms with van der Waals surface area (Å²) in [6.07, 6.45) is 0. The van der Waals surface area contributed by atoms with E-state index >= 15 is 0 Å². The maximum atomic E-state index is 0. The standard InChI is InChI=1S/Mg.4Na/q+2;4*+1. The molecule has 0 nitrogen and oxygen atoms in total. The van der Waals surface area contributed by atoms with Crippen molar-refractivity contribution < 1.29 is 118 Å². The van der Waals surface area contributed by atoms with Crippen LogP contribution in [-0.2, 0) is 0 Å². The van der Waals surface area contributed by atoms with Crippen molar-refractivity contribution in [1.29, 1.82) is 0 Å². The first kappa shape index (κ1) is 33.0. The number of hydrogen-bond donors (Lipinski definition) is 0. The quantitative estimate of drug-likeness (QED) is 0.276. The molecule has 0 aromatic carbocycles. The van der Waals surface area contributed by atoms with E-state index < -0.39 is 0 Å². The predicted molar refractivity (Wildman–Crippen MR) is 5.75 cm³/mol. The van der Waals surface area contributed by atoms with Crippen molar-refractivity contribution in [3.8, 4) is 0 Å². The Morgan fingerprint density at radius 2 is 0.400 bits per heavy atom. The van der Waals surface area contributed by atoms with E-state index in [0.717, 1.165) is 0 Å². The molecule has 0 unspecified atom stereocenters. The number of hydrogen-bond acceptors (Lipinski definition) is 0. The fourth-order valence-corrected chi connectivity index (χ4v) is 0. The second-order valence-electron chi connectivity index (χ2n) is 0. The van der Waals surface area contributed by atoms with Gasteiger partial charge in [0.2, 0.25) is 0 Å². The monoisotopic (exact) mass is 116 g/mol. The van der Waals surface area contributed by atoms with Gasteiger partial charge in [-0.25, -0.2) is 0 Å². The maximum Gasteiger partial charge on any atom is 2.00 e. The minimum atomic E-state index is 0. The van der Waals surface area contributed by atoms with Crippen molar-refractivity contribution in [2.75, 3.05) is 0 Å². The van der Waals surface area contributed by atoms with Gasteiger partial charge in [0, 0.05) is 0 Å². The van der Waals surface area contributed by atoms with Crippen LogP contribution in [0.25, 0.3) is 0 Å². The summed E-state index contributed by atoms with van der Waals surface area (Å²) in [5.41, 5.74) is 0. The summed E-state index contributed by atoms with van der Waals surface area (Å²) in [6, 6.07) is 0. The molecule has 0 rings (SSSR count). The first-order valence-electron chi connectivity index (χ1n) is 0. The third-order valence-corrected chi connectivity index (χ3v) is 0. The Morgan fingerprint density at radius 3 is 0.400 bits per heavy atom.